The van der Waals surface area contributed by atoms with Gasteiger partial charge in [-0.15, -0.1) is 0 Å². The highest BCUT2D eigenvalue weighted by molar-refractivity contribution is 5.75. The van der Waals surface area contributed by atoms with Crippen molar-refractivity contribution in [3.8, 4) is 0 Å². The number of aryl methyl sites for hydroxylation is 1. The average molecular weight is 287 g/mol. The van der Waals surface area contributed by atoms with Crippen molar-refractivity contribution in [3.63, 3.8) is 0 Å². The van der Waals surface area contributed by atoms with Crippen LogP contribution in [-0.2, 0) is 17.8 Å². The quantitative estimate of drug-likeness (QED) is 0.818. The van der Waals surface area contributed by atoms with Gasteiger partial charge < -0.3 is 9.30 Å². The van der Waals surface area contributed by atoms with E-state index in [4.69, 9.17) is 9.72 Å². The predicted molar refractivity (Wildman–Crippen MR) is 85.3 cm³/mol. The van der Waals surface area contributed by atoms with Crippen LogP contribution in [0, 0.1) is 5.92 Å². The number of rotatable bonds is 6. The second kappa shape index (κ2) is 6.58. The smallest absolute Gasteiger partial charge is 0.124 e. The summed E-state index contributed by atoms with van der Waals surface area (Å²) in [5, 5.41) is 0. The van der Waals surface area contributed by atoms with Gasteiger partial charge in [-0.1, -0.05) is 19.1 Å². The molecule has 1 unspecified atom stereocenters. The van der Waals surface area contributed by atoms with E-state index in [0.29, 0.717) is 5.92 Å². The number of fused-ring (bicyclic) bond motifs is 1. The number of aromatic nitrogens is 2. The lowest BCUT2D eigenvalue weighted by molar-refractivity contribution is 0.172. The molecule has 114 valence electrons. The van der Waals surface area contributed by atoms with Gasteiger partial charge in [0, 0.05) is 19.7 Å². The minimum absolute atomic E-state index is 0.680. The van der Waals surface area contributed by atoms with Crippen LogP contribution in [0.2, 0.25) is 0 Å². The average Bonchev–Trinajstić information content (AvgIpc) is 3.08. The van der Waals surface area contributed by atoms with E-state index in [1.165, 1.54) is 17.8 Å². The lowest BCUT2D eigenvalue weighted by Gasteiger charge is -2.20. The lowest BCUT2D eigenvalue weighted by atomic mass is 10.1. The van der Waals surface area contributed by atoms with Crippen LogP contribution in [0.1, 0.15) is 25.6 Å². The van der Waals surface area contributed by atoms with Crippen molar-refractivity contribution in [2.45, 2.75) is 32.9 Å². The largest absolute Gasteiger partial charge is 0.381 e. The molecule has 0 spiro atoms. The third-order valence-electron chi connectivity index (χ3n) is 4.19. The second-order valence-electron chi connectivity index (χ2n) is 6.09. The van der Waals surface area contributed by atoms with Crippen molar-refractivity contribution in [2.24, 2.45) is 5.92 Å². The van der Waals surface area contributed by atoms with Crippen LogP contribution in [0.15, 0.2) is 24.3 Å². The Kier molecular flexibility index (Phi) is 4.56. The van der Waals surface area contributed by atoms with Gasteiger partial charge in [-0.25, -0.2) is 4.98 Å². The maximum absolute atomic E-state index is 5.47. The van der Waals surface area contributed by atoms with Gasteiger partial charge in [0.05, 0.1) is 24.2 Å². The molecule has 0 saturated carbocycles. The van der Waals surface area contributed by atoms with Gasteiger partial charge >= 0.3 is 0 Å². The maximum atomic E-state index is 5.47. The van der Waals surface area contributed by atoms with Crippen LogP contribution in [0.5, 0.6) is 0 Å². The van der Waals surface area contributed by atoms with E-state index < -0.39 is 0 Å². The summed E-state index contributed by atoms with van der Waals surface area (Å²) in [4.78, 5) is 7.22. The van der Waals surface area contributed by atoms with Crippen LogP contribution in [0.3, 0.4) is 0 Å². The molecule has 0 bridgehead atoms. The predicted octanol–water partition coefficient (Wildman–Crippen LogP) is 2.91. The first-order valence-corrected chi connectivity index (χ1v) is 7.98. The Bertz CT molecular complexity index is 587. The van der Waals surface area contributed by atoms with Gasteiger partial charge in [0.2, 0.25) is 0 Å². The van der Waals surface area contributed by atoms with Gasteiger partial charge in [0.25, 0.3) is 0 Å². The molecule has 0 aliphatic carbocycles. The highest BCUT2D eigenvalue weighted by Gasteiger charge is 2.19. The highest BCUT2D eigenvalue weighted by atomic mass is 16.5. The zero-order chi connectivity index (χ0) is 14.7. The van der Waals surface area contributed by atoms with E-state index >= 15 is 0 Å². The third-order valence-corrected chi connectivity index (χ3v) is 4.19. The van der Waals surface area contributed by atoms with Crippen LogP contribution in [-0.4, -0.2) is 41.3 Å². The van der Waals surface area contributed by atoms with Gasteiger partial charge in [-0.3, -0.25) is 4.90 Å². The van der Waals surface area contributed by atoms with E-state index in [1.807, 2.05) is 0 Å². The Morgan fingerprint density at radius 3 is 3.00 bits per heavy atom. The summed E-state index contributed by atoms with van der Waals surface area (Å²) >= 11 is 0. The molecule has 4 heteroatoms. The molecule has 1 fully saturated rings. The van der Waals surface area contributed by atoms with E-state index in [-0.39, 0.29) is 0 Å². The summed E-state index contributed by atoms with van der Waals surface area (Å²) in [7, 11) is 2.19. The molecule has 0 amide bonds. The van der Waals surface area contributed by atoms with Gasteiger partial charge in [0.15, 0.2) is 0 Å². The SMILES string of the molecule is CCCn1c(CN(C)CC2CCOC2)nc2ccccc21. The summed E-state index contributed by atoms with van der Waals surface area (Å²) in [6, 6.07) is 8.44. The molecule has 1 atom stereocenters. The van der Waals surface area contributed by atoms with Crippen LogP contribution < -0.4 is 0 Å². The van der Waals surface area contributed by atoms with Crippen LogP contribution in [0.25, 0.3) is 11.0 Å². The molecule has 1 aliphatic rings. The standard InChI is InChI=1S/C17H25N3O/c1-3-9-20-16-7-5-4-6-15(16)18-17(20)12-19(2)11-14-8-10-21-13-14/h4-7,14H,3,8-13H2,1-2H3. The molecule has 0 N–H and O–H groups in total. The summed E-state index contributed by atoms with van der Waals surface area (Å²) in [6.45, 7) is 7.09. The minimum atomic E-state index is 0.680. The molecule has 1 saturated heterocycles. The zero-order valence-electron chi connectivity index (χ0n) is 13.1. The molecular formula is C17H25N3O. The topological polar surface area (TPSA) is 30.3 Å². The fourth-order valence-corrected chi connectivity index (χ4v) is 3.19. The number of imidazole rings is 1. The van der Waals surface area contributed by atoms with Gasteiger partial charge in [-0.2, -0.15) is 0 Å². The molecule has 3 rings (SSSR count). The van der Waals surface area contributed by atoms with Gasteiger partial charge in [0.1, 0.15) is 5.82 Å². The Labute approximate surface area is 126 Å². The number of para-hydroxylation sites is 2. The maximum Gasteiger partial charge on any atom is 0.124 e. The molecule has 1 aliphatic heterocycles. The van der Waals surface area contributed by atoms with E-state index in [2.05, 4.69) is 47.7 Å². The summed E-state index contributed by atoms with van der Waals surface area (Å²) in [6.07, 6.45) is 2.32. The number of hydrogen-bond acceptors (Lipinski definition) is 3. The van der Waals surface area contributed by atoms with E-state index in [9.17, 15) is 0 Å². The number of benzene rings is 1. The second-order valence-corrected chi connectivity index (χ2v) is 6.09. The minimum Gasteiger partial charge on any atom is -0.381 e. The first-order valence-electron chi connectivity index (χ1n) is 7.98. The Morgan fingerprint density at radius 2 is 2.24 bits per heavy atom. The normalized spacial score (nSPS) is 18.9. The van der Waals surface area contributed by atoms with E-state index in [1.54, 1.807) is 0 Å². The van der Waals surface area contributed by atoms with E-state index in [0.717, 1.165) is 44.8 Å². The third kappa shape index (κ3) is 3.27. The van der Waals surface area contributed by atoms with Crippen molar-refractivity contribution in [1.29, 1.82) is 0 Å². The lowest BCUT2D eigenvalue weighted by Crippen LogP contribution is -2.27. The Balaban J connectivity index is 1.76. The molecule has 1 aromatic heterocycles. The fraction of sp³-hybridized carbons (Fsp3) is 0.588. The summed E-state index contributed by atoms with van der Waals surface area (Å²) in [5.41, 5.74) is 2.37. The van der Waals surface area contributed by atoms with Crippen molar-refractivity contribution in [2.75, 3.05) is 26.8 Å². The first kappa shape index (κ1) is 14.5. The number of hydrogen-bond donors (Lipinski definition) is 0. The molecular weight excluding hydrogens is 262 g/mol. The highest BCUT2D eigenvalue weighted by Crippen LogP contribution is 2.19. The number of nitrogens with zero attached hydrogens (tertiary/aromatic N) is 3. The van der Waals surface area contributed by atoms with Crippen molar-refractivity contribution in [3.05, 3.63) is 30.1 Å². The van der Waals surface area contributed by atoms with Crippen LogP contribution in [0.4, 0.5) is 0 Å². The van der Waals surface area contributed by atoms with Crippen LogP contribution >= 0.6 is 0 Å². The molecule has 4 nitrogen and oxygen atoms in total. The summed E-state index contributed by atoms with van der Waals surface area (Å²) in [5.74, 6) is 1.86. The van der Waals surface area contributed by atoms with Crippen molar-refractivity contribution >= 4 is 11.0 Å². The molecule has 0 radical (unpaired) electrons. The molecule has 2 aromatic rings. The number of ether oxygens (including phenoxy) is 1. The Hall–Kier alpha value is -1.39. The molecule has 1 aromatic carbocycles. The van der Waals surface area contributed by atoms with Crippen molar-refractivity contribution in [1.82, 2.24) is 14.5 Å². The zero-order valence-corrected chi connectivity index (χ0v) is 13.1. The Morgan fingerprint density at radius 1 is 1.38 bits per heavy atom. The van der Waals surface area contributed by atoms with Crippen molar-refractivity contribution < 1.29 is 4.74 Å². The molecule has 2 heterocycles. The van der Waals surface area contributed by atoms with Gasteiger partial charge in [-0.05, 0) is 37.9 Å². The first-order chi connectivity index (χ1) is 10.3. The summed E-state index contributed by atoms with van der Waals surface area (Å²) < 4.78 is 7.84. The molecule has 21 heavy (non-hydrogen) atoms. The fourth-order valence-electron chi connectivity index (χ4n) is 3.19. The monoisotopic (exact) mass is 287 g/mol.